The smallest absolute Gasteiger partial charge is 0.271 e. The van der Waals surface area contributed by atoms with Gasteiger partial charge in [0.25, 0.3) is 5.91 Å². The molecule has 0 aliphatic heterocycles. The van der Waals surface area contributed by atoms with Crippen LogP contribution < -0.4 is 10.2 Å². The number of thiazole rings is 1. The van der Waals surface area contributed by atoms with Crippen molar-refractivity contribution in [3.63, 3.8) is 0 Å². The van der Waals surface area contributed by atoms with Crippen molar-refractivity contribution in [2.75, 3.05) is 11.4 Å². The van der Waals surface area contributed by atoms with Crippen LogP contribution in [0, 0.1) is 41.6 Å². The molecule has 1 N–H and O–H groups in total. The number of carbonyl (C=O) groups excluding carboxylic acids is 1. The number of hydrogen-bond acceptors (Lipinski definition) is 6. The molecule has 2 saturated carbocycles. The standard InChI is InChI=1S/C19H19F2N5OS/c1-11-16(17(27)23-9-19(4-5-19)8-12-2-3-12)25-18(28-11)26(10-22)13-6-14(20)24-15(21)7-13/h6-7,12H,2-5,8-9H2,1H3,(H,23,27)/i/hD. The topological polar surface area (TPSA) is 81.9 Å². The molecule has 0 saturated heterocycles. The van der Waals surface area contributed by atoms with Crippen LogP contribution in [0.5, 0.6) is 0 Å². The maximum absolute atomic E-state index is 13.4. The minimum absolute atomic E-state index is 0.0656. The maximum Gasteiger partial charge on any atom is 0.271 e. The summed E-state index contributed by atoms with van der Waals surface area (Å²) in [5.74, 6) is -1.92. The number of amides is 1. The summed E-state index contributed by atoms with van der Waals surface area (Å²) >= 11 is 1.05. The van der Waals surface area contributed by atoms with Gasteiger partial charge < -0.3 is 5.31 Å². The Kier molecular flexibility index (Phi) is 4.43. The Morgan fingerprint density at radius 2 is 2.11 bits per heavy atom. The lowest BCUT2D eigenvalue weighted by Gasteiger charge is -2.15. The van der Waals surface area contributed by atoms with Gasteiger partial charge in [-0.3, -0.25) is 4.79 Å². The van der Waals surface area contributed by atoms with E-state index in [1.165, 1.54) is 12.8 Å². The Morgan fingerprint density at radius 3 is 2.68 bits per heavy atom. The van der Waals surface area contributed by atoms with Crippen LogP contribution in [0.15, 0.2) is 12.1 Å². The molecular formula is C19H19F2N5OS. The molecule has 0 aromatic carbocycles. The van der Waals surface area contributed by atoms with E-state index in [-0.39, 0.29) is 21.9 Å². The molecule has 6 nitrogen and oxygen atoms in total. The van der Waals surface area contributed by atoms with Gasteiger partial charge in [0.15, 0.2) is 7.60 Å². The minimum atomic E-state index is -1.06. The molecule has 0 spiro atoms. The number of aryl methyl sites for hydroxylation is 1. The second-order valence-electron chi connectivity index (χ2n) is 7.58. The molecule has 2 aromatic rings. The van der Waals surface area contributed by atoms with E-state index >= 15 is 0 Å². The van der Waals surface area contributed by atoms with Gasteiger partial charge in [-0.05, 0) is 37.5 Å². The van der Waals surface area contributed by atoms with Gasteiger partial charge in [-0.2, -0.15) is 19.0 Å². The molecule has 2 aromatic heterocycles. The highest BCUT2D eigenvalue weighted by molar-refractivity contribution is 7.16. The SMILES string of the molecule is [2H]N(CC1(CC2CC2)CC1)C(=O)c1nc(N(C#N)c2cc(F)nc(F)c2)sc1C. The number of carbonyl (C=O) groups is 1. The van der Waals surface area contributed by atoms with E-state index in [4.69, 9.17) is 1.41 Å². The summed E-state index contributed by atoms with van der Waals surface area (Å²) < 4.78 is 35.1. The van der Waals surface area contributed by atoms with Crippen LogP contribution >= 0.6 is 11.3 Å². The normalized spacial score (nSPS) is 17.6. The lowest BCUT2D eigenvalue weighted by atomic mass is 9.99. The average Bonchev–Trinajstić information content (AvgIpc) is 3.57. The summed E-state index contributed by atoms with van der Waals surface area (Å²) in [5, 5.41) is 10.5. The monoisotopic (exact) mass is 404 g/mol. The second kappa shape index (κ2) is 7.09. The third kappa shape index (κ3) is 3.97. The van der Waals surface area contributed by atoms with Crippen molar-refractivity contribution < 1.29 is 15.0 Å². The first kappa shape index (κ1) is 17.5. The lowest BCUT2D eigenvalue weighted by molar-refractivity contribution is 0.0938. The second-order valence-corrected chi connectivity index (χ2v) is 8.76. The molecule has 0 unspecified atom stereocenters. The third-order valence-corrected chi connectivity index (χ3v) is 6.17. The fourth-order valence-corrected chi connectivity index (χ4v) is 4.20. The van der Waals surface area contributed by atoms with Crippen LogP contribution in [0.2, 0.25) is 1.41 Å². The van der Waals surface area contributed by atoms with Crippen LogP contribution in [0.4, 0.5) is 19.6 Å². The minimum Gasteiger partial charge on any atom is -0.350 e. The van der Waals surface area contributed by atoms with Crippen molar-refractivity contribution in [1.82, 2.24) is 15.3 Å². The predicted octanol–water partition coefficient (Wildman–Crippen LogP) is 4.05. The van der Waals surface area contributed by atoms with Gasteiger partial charge in [0.2, 0.25) is 17.0 Å². The van der Waals surface area contributed by atoms with E-state index in [0.29, 0.717) is 11.4 Å². The fraction of sp³-hybridized carbons (Fsp3) is 0.474. The number of rotatable bonds is 7. The number of halogens is 2. The van der Waals surface area contributed by atoms with E-state index in [1.54, 1.807) is 6.92 Å². The average molecular weight is 404 g/mol. The number of hydrogen-bond donors (Lipinski definition) is 1. The zero-order valence-electron chi connectivity index (χ0n) is 16.3. The molecule has 2 aliphatic rings. The first-order valence-corrected chi connectivity index (χ1v) is 9.93. The molecule has 0 bridgehead atoms. The Morgan fingerprint density at radius 1 is 1.43 bits per heavy atom. The maximum atomic E-state index is 13.4. The summed E-state index contributed by atoms with van der Waals surface area (Å²) in [6, 6.07) is 1.83. The first-order chi connectivity index (χ1) is 13.8. The molecule has 9 heteroatoms. The Balaban J connectivity index is 1.53. The largest absolute Gasteiger partial charge is 0.350 e. The summed E-state index contributed by atoms with van der Waals surface area (Å²) in [6.07, 6.45) is 7.44. The predicted molar refractivity (Wildman–Crippen MR) is 100 cm³/mol. The molecule has 2 heterocycles. The zero-order chi connectivity index (χ0) is 20.8. The van der Waals surface area contributed by atoms with Crippen molar-refractivity contribution in [2.45, 2.75) is 39.0 Å². The molecule has 0 atom stereocenters. The Hall–Kier alpha value is -2.60. The molecule has 146 valence electrons. The summed E-state index contributed by atoms with van der Waals surface area (Å²) in [6.45, 7) is 2.04. The summed E-state index contributed by atoms with van der Waals surface area (Å²) in [5.41, 5.74) is 0.0719. The highest BCUT2D eigenvalue weighted by Gasteiger charge is 2.46. The Labute approximate surface area is 166 Å². The lowest BCUT2D eigenvalue weighted by Crippen LogP contribution is -2.31. The number of pyridine rings is 1. The van der Waals surface area contributed by atoms with Crippen LogP contribution in [0.3, 0.4) is 0 Å². The number of nitrogens with one attached hydrogen (secondary N) is 1. The number of anilines is 2. The molecular weight excluding hydrogens is 384 g/mol. The molecule has 28 heavy (non-hydrogen) atoms. The molecule has 4 rings (SSSR count). The van der Waals surface area contributed by atoms with Gasteiger partial charge in [0.05, 0.1) is 5.69 Å². The van der Waals surface area contributed by atoms with Crippen molar-refractivity contribution in [2.24, 2.45) is 11.3 Å². The van der Waals surface area contributed by atoms with E-state index in [0.717, 1.165) is 58.9 Å². The van der Waals surface area contributed by atoms with Crippen molar-refractivity contribution in [3.05, 3.63) is 34.6 Å². The number of nitriles is 1. The van der Waals surface area contributed by atoms with Crippen LogP contribution in [-0.4, -0.2) is 22.4 Å². The van der Waals surface area contributed by atoms with Crippen molar-refractivity contribution >= 4 is 28.1 Å². The van der Waals surface area contributed by atoms with Gasteiger partial charge in [-0.15, -0.1) is 11.3 Å². The van der Waals surface area contributed by atoms with Gasteiger partial charge in [0, 0.05) is 23.6 Å². The zero-order valence-corrected chi connectivity index (χ0v) is 16.1. The van der Waals surface area contributed by atoms with E-state index in [1.807, 2.05) is 6.19 Å². The van der Waals surface area contributed by atoms with Crippen molar-refractivity contribution in [1.29, 1.82) is 5.26 Å². The van der Waals surface area contributed by atoms with Gasteiger partial charge in [0.1, 0.15) is 5.69 Å². The quantitative estimate of drug-likeness (QED) is 0.428. The van der Waals surface area contributed by atoms with Gasteiger partial charge in [-0.1, -0.05) is 12.8 Å². The molecule has 1 amide bonds. The van der Waals surface area contributed by atoms with E-state index in [2.05, 4.69) is 9.97 Å². The van der Waals surface area contributed by atoms with Gasteiger partial charge in [-0.25, -0.2) is 9.88 Å². The van der Waals surface area contributed by atoms with Gasteiger partial charge >= 0.3 is 0 Å². The highest BCUT2D eigenvalue weighted by Crippen LogP contribution is 2.54. The summed E-state index contributed by atoms with van der Waals surface area (Å²) in [7, 11) is 0. The van der Waals surface area contributed by atoms with E-state index < -0.39 is 17.8 Å². The fourth-order valence-electron chi connectivity index (χ4n) is 3.32. The number of nitrogens with zero attached hydrogens (tertiary/aromatic N) is 4. The number of aromatic nitrogens is 2. The van der Waals surface area contributed by atoms with Crippen LogP contribution in [0.1, 0.15) is 47.5 Å². The highest BCUT2D eigenvalue weighted by atomic mass is 32.1. The van der Waals surface area contributed by atoms with E-state index in [9.17, 15) is 18.8 Å². The molecule has 2 fully saturated rings. The summed E-state index contributed by atoms with van der Waals surface area (Å²) in [4.78, 5) is 21.5. The first-order valence-electron chi connectivity index (χ1n) is 9.56. The van der Waals surface area contributed by atoms with Crippen LogP contribution in [0.25, 0.3) is 0 Å². The third-order valence-electron chi connectivity index (χ3n) is 5.22. The molecule has 0 radical (unpaired) electrons. The Bertz CT molecular complexity index is 979. The van der Waals surface area contributed by atoms with Crippen LogP contribution in [-0.2, 0) is 0 Å². The molecule has 2 aliphatic carbocycles. The van der Waals surface area contributed by atoms with Crippen molar-refractivity contribution in [3.8, 4) is 6.19 Å².